The Hall–Kier alpha value is -1.35. The van der Waals surface area contributed by atoms with Crippen LogP contribution in [0.25, 0.3) is 0 Å². The van der Waals surface area contributed by atoms with Crippen LogP contribution in [-0.2, 0) is 0 Å². The Labute approximate surface area is 103 Å². The van der Waals surface area contributed by atoms with Gasteiger partial charge < -0.3 is 10.1 Å². The van der Waals surface area contributed by atoms with Crippen molar-refractivity contribution in [2.24, 2.45) is 0 Å². The second kappa shape index (κ2) is 6.40. The Morgan fingerprint density at radius 1 is 1.41 bits per heavy atom. The first-order chi connectivity index (χ1) is 8.10. The lowest BCUT2D eigenvalue weighted by atomic mass is 9.98. The van der Waals surface area contributed by atoms with Crippen molar-refractivity contribution in [2.75, 3.05) is 20.7 Å². The summed E-state index contributed by atoms with van der Waals surface area (Å²) in [4.78, 5) is 11.9. The molecule has 0 heterocycles. The van der Waals surface area contributed by atoms with E-state index in [9.17, 15) is 4.79 Å². The summed E-state index contributed by atoms with van der Waals surface area (Å²) in [6.45, 7) is 4.93. The highest BCUT2D eigenvalue weighted by Crippen LogP contribution is 2.25. The number of ketones is 1. The minimum atomic E-state index is 0.117. The number of hydrogen-bond donors (Lipinski definition) is 1. The molecule has 1 rings (SSSR count). The van der Waals surface area contributed by atoms with Gasteiger partial charge in [-0.1, -0.05) is 19.9 Å². The predicted octanol–water partition coefficient (Wildman–Crippen LogP) is 2.61. The highest BCUT2D eigenvalue weighted by Gasteiger charge is 2.13. The molecular weight excluding hydrogens is 214 g/mol. The minimum absolute atomic E-state index is 0.117. The van der Waals surface area contributed by atoms with Crippen LogP contribution in [-0.4, -0.2) is 26.5 Å². The smallest absolute Gasteiger partial charge is 0.167 e. The van der Waals surface area contributed by atoms with Crippen molar-refractivity contribution in [3.05, 3.63) is 29.3 Å². The van der Waals surface area contributed by atoms with E-state index in [1.165, 1.54) is 5.56 Å². The molecule has 1 N–H and O–H groups in total. The highest BCUT2D eigenvalue weighted by atomic mass is 16.5. The van der Waals surface area contributed by atoms with Crippen molar-refractivity contribution < 1.29 is 9.53 Å². The molecule has 0 aliphatic heterocycles. The van der Waals surface area contributed by atoms with E-state index in [0.29, 0.717) is 30.2 Å². The lowest BCUT2D eigenvalue weighted by Gasteiger charge is -2.11. The number of Topliss-reactive ketones (excluding diaryl/α,β-unsaturated/α-hetero) is 1. The zero-order valence-electron chi connectivity index (χ0n) is 11.0. The molecule has 0 saturated carbocycles. The maximum Gasteiger partial charge on any atom is 0.167 e. The molecule has 0 atom stereocenters. The first-order valence-electron chi connectivity index (χ1n) is 5.96. The van der Waals surface area contributed by atoms with Crippen LogP contribution in [0.4, 0.5) is 0 Å². The molecule has 0 bridgehead atoms. The minimum Gasteiger partial charge on any atom is -0.496 e. The molecule has 0 spiro atoms. The van der Waals surface area contributed by atoms with Crippen molar-refractivity contribution in [1.82, 2.24) is 5.32 Å². The summed E-state index contributed by atoms with van der Waals surface area (Å²) in [6, 6.07) is 5.82. The first-order valence-corrected chi connectivity index (χ1v) is 5.96. The van der Waals surface area contributed by atoms with E-state index in [2.05, 4.69) is 19.2 Å². The number of benzene rings is 1. The average Bonchev–Trinajstić information content (AvgIpc) is 2.34. The molecular formula is C14H21NO2. The SMILES string of the molecule is CNCCC(=O)c1ccc(C(C)C)cc1OC. The van der Waals surface area contributed by atoms with E-state index in [4.69, 9.17) is 4.74 Å². The molecule has 94 valence electrons. The third kappa shape index (κ3) is 3.56. The van der Waals surface area contributed by atoms with Crippen molar-refractivity contribution in [1.29, 1.82) is 0 Å². The van der Waals surface area contributed by atoms with Crippen molar-refractivity contribution in [3.63, 3.8) is 0 Å². The molecule has 0 radical (unpaired) electrons. The Morgan fingerprint density at radius 2 is 2.12 bits per heavy atom. The van der Waals surface area contributed by atoms with Gasteiger partial charge in [-0.15, -0.1) is 0 Å². The van der Waals surface area contributed by atoms with Gasteiger partial charge in [0.1, 0.15) is 5.75 Å². The fraction of sp³-hybridized carbons (Fsp3) is 0.500. The van der Waals surface area contributed by atoms with Gasteiger partial charge in [0.25, 0.3) is 0 Å². The molecule has 0 aliphatic carbocycles. The normalized spacial score (nSPS) is 10.6. The van der Waals surface area contributed by atoms with E-state index in [1.807, 2.05) is 25.2 Å². The highest BCUT2D eigenvalue weighted by molar-refractivity contribution is 5.98. The summed E-state index contributed by atoms with van der Waals surface area (Å²) in [5.41, 5.74) is 1.86. The van der Waals surface area contributed by atoms with Gasteiger partial charge in [0.2, 0.25) is 0 Å². The summed E-state index contributed by atoms with van der Waals surface area (Å²) in [5.74, 6) is 1.23. The molecule has 0 fully saturated rings. The summed E-state index contributed by atoms with van der Waals surface area (Å²) in [5, 5.41) is 2.97. The summed E-state index contributed by atoms with van der Waals surface area (Å²) >= 11 is 0. The summed E-state index contributed by atoms with van der Waals surface area (Å²) in [6.07, 6.45) is 0.494. The third-order valence-corrected chi connectivity index (χ3v) is 2.79. The van der Waals surface area contributed by atoms with Gasteiger partial charge in [0.05, 0.1) is 12.7 Å². The van der Waals surface area contributed by atoms with E-state index in [-0.39, 0.29) is 5.78 Å². The summed E-state index contributed by atoms with van der Waals surface area (Å²) < 4.78 is 5.30. The molecule has 3 heteroatoms. The quantitative estimate of drug-likeness (QED) is 0.770. The number of methoxy groups -OCH3 is 1. The molecule has 17 heavy (non-hydrogen) atoms. The van der Waals surface area contributed by atoms with Crippen LogP contribution in [0.3, 0.4) is 0 Å². The number of nitrogens with one attached hydrogen (secondary N) is 1. The number of rotatable bonds is 6. The van der Waals surface area contributed by atoms with Crippen molar-refractivity contribution >= 4 is 5.78 Å². The lowest BCUT2D eigenvalue weighted by molar-refractivity contribution is 0.0980. The van der Waals surface area contributed by atoms with Gasteiger partial charge in [-0.3, -0.25) is 4.79 Å². The average molecular weight is 235 g/mol. The zero-order valence-corrected chi connectivity index (χ0v) is 11.0. The van der Waals surface area contributed by atoms with E-state index >= 15 is 0 Å². The largest absolute Gasteiger partial charge is 0.496 e. The van der Waals surface area contributed by atoms with Crippen molar-refractivity contribution in [3.8, 4) is 5.75 Å². The third-order valence-electron chi connectivity index (χ3n) is 2.79. The fourth-order valence-electron chi connectivity index (χ4n) is 1.67. The number of hydrogen-bond acceptors (Lipinski definition) is 3. The van der Waals surface area contributed by atoms with Gasteiger partial charge in [0, 0.05) is 13.0 Å². The molecule has 0 aliphatic rings. The van der Waals surface area contributed by atoms with Crippen molar-refractivity contribution in [2.45, 2.75) is 26.2 Å². The molecule has 0 unspecified atom stereocenters. The standard InChI is InChI=1S/C14H21NO2/c1-10(2)11-5-6-12(14(9-11)17-4)13(16)7-8-15-3/h5-6,9-10,15H,7-8H2,1-4H3. The van der Waals surface area contributed by atoms with Crippen LogP contribution in [0.2, 0.25) is 0 Å². The zero-order chi connectivity index (χ0) is 12.8. The Bertz CT molecular complexity index is 386. The van der Waals surface area contributed by atoms with Gasteiger partial charge in [-0.2, -0.15) is 0 Å². The Morgan fingerprint density at radius 3 is 2.65 bits per heavy atom. The van der Waals surface area contributed by atoms with Crippen LogP contribution in [0.1, 0.15) is 42.1 Å². The monoisotopic (exact) mass is 235 g/mol. The van der Waals surface area contributed by atoms with Crippen LogP contribution in [0, 0.1) is 0 Å². The maximum absolute atomic E-state index is 11.9. The van der Waals surface area contributed by atoms with Gasteiger partial charge in [0.15, 0.2) is 5.78 Å². The topological polar surface area (TPSA) is 38.3 Å². The molecule has 0 aromatic heterocycles. The molecule has 1 aromatic carbocycles. The molecule has 3 nitrogen and oxygen atoms in total. The van der Waals surface area contributed by atoms with Crippen LogP contribution in [0.15, 0.2) is 18.2 Å². The molecule has 0 saturated heterocycles. The van der Waals surface area contributed by atoms with Gasteiger partial charge >= 0.3 is 0 Å². The second-order valence-corrected chi connectivity index (χ2v) is 4.39. The lowest BCUT2D eigenvalue weighted by Crippen LogP contribution is -2.13. The fourth-order valence-corrected chi connectivity index (χ4v) is 1.67. The van der Waals surface area contributed by atoms with Crippen LogP contribution < -0.4 is 10.1 Å². The first kappa shape index (κ1) is 13.7. The summed E-state index contributed by atoms with van der Waals surface area (Å²) in [7, 11) is 3.45. The van der Waals surface area contributed by atoms with E-state index in [0.717, 1.165) is 0 Å². The number of carbonyl (C=O) groups excluding carboxylic acids is 1. The van der Waals surface area contributed by atoms with Gasteiger partial charge in [-0.25, -0.2) is 0 Å². The van der Waals surface area contributed by atoms with E-state index < -0.39 is 0 Å². The number of carbonyl (C=O) groups is 1. The van der Waals surface area contributed by atoms with Crippen LogP contribution >= 0.6 is 0 Å². The van der Waals surface area contributed by atoms with Gasteiger partial charge in [-0.05, 0) is 30.7 Å². The molecule has 1 aromatic rings. The second-order valence-electron chi connectivity index (χ2n) is 4.39. The van der Waals surface area contributed by atoms with Crippen LogP contribution in [0.5, 0.6) is 5.75 Å². The Kier molecular flexibility index (Phi) is 5.16. The van der Waals surface area contributed by atoms with E-state index in [1.54, 1.807) is 7.11 Å². The Balaban J connectivity index is 2.96. The molecule has 0 amide bonds. The number of ether oxygens (including phenoxy) is 1. The maximum atomic E-state index is 11.9. The predicted molar refractivity (Wildman–Crippen MR) is 70.0 cm³/mol.